The molecular formula is C20H24N2O3. The Hall–Kier alpha value is -2.66. The molecular weight excluding hydrogens is 316 g/mol. The Morgan fingerprint density at radius 3 is 2.24 bits per heavy atom. The molecule has 0 heterocycles. The van der Waals surface area contributed by atoms with Gasteiger partial charge in [0.05, 0.1) is 6.61 Å². The van der Waals surface area contributed by atoms with Gasteiger partial charge in [0.1, 0.15) is 0 Å². The van der Waals surface area contributed by atoms with Crippen molar-refractivity contribution < 1.29 is 14.7 Å². The molecule has 5 heteroatoms. The summed E-state index contributed by atoms with van der Waals surface area (Å²) in [6, 6.07) is 15.8. The Kier molecular flexibility index (Phi) is 7.16. The van der Waals surface area contributed by atoms with E-state index in [-0.39, 0.29) is 18.4 Å². The third-order valence-electron chi connectivity index (χ3n) is 3.86. The van der Waals surface area contributed by atoms with Crippen molar-refractivity contribution in [2.45, 2.75) is 19.8 Å². The molecule has 0 saturated heterocycles. The van der Waals surface area contributed by atoms with Crippen LogP contribution in [0.2, 0.25) is 0 Å². The normalized spacial score (nSPS) is 10.3. The van der Waals surface area contributed by atoms with Crippen molar-refractivity contribution in [3.8, 4) is 0 Å². The molecule has 0 radical (unpaired) electrons. The van der Waals surface area contributed by atoms with Crippen LogP contribution in [0.15, 0.2) is 54.6 Å². The minimum absolute atomic E-state index is 0.0549. The molecule has 2 N–H and O–H groups in total. The Morgan fingerprint density at radius 2 is 1.64 bits per heavy atom. The average Bonchev–Trinajstić information content (AvgIpc) is 2.66. The van der Waals surface area contributed by atoms with E-state index < -0.39 is 0 Å². The highest BCUT2D eigenvalue weighted by Gasteiger charge is 2.15. The van der Waals surface area contributed by atoms with Gasteiger partial charge in [0.25, 0.3) is 11.8 Å². The molecule has 2 aromatic rings. The van der Waals surface area contributed by atoms with E-state index in [9.17, 15) is 9.59 Å². The average molecular weight is 340 g/mol. The van der Waals surface area contributed by atoms with Gasteiger partial charge < -0.3 is 15.3 Å². The summed E-state index contributed by atoms with van der Waals surface area (Å²) < 4.78 is 0. The highest BCUT2D eigenvalue weighted by molar-refractivity contribution is 6.04. The van der Waals surface area contributed by atoms with Crippen LogP contribution in [-0.2, 0) is 0 Å². The molecule has 0 spiro atoms. The predicted octanol–water partition coefficient (Wildman–Crippen LogP) is 3.17. The van der Waals surface area contributed by atoms with Crippen LogP contribution < -0.4 is 5.32 Å². The van der Waals surface area contributed by atoms with Gasteiger partial charge in [0.15, 0.2) is 0 Å². The van der Waals surface area contributed by atoms with Crippen LogP contribution in [0.25, 0.3) is 0 Å². The standard InChI is InChI=1S/C20H24N2O3/c1-2-3-13-22(14-15-23)20(25)17-9-11-18(12-10-17)21-19(24)16-7-5-4-6-8-16/h4-12,23H,2-3,13-15H2,1H3,(H,21,24). The smallest absolute Gasteiger partial charge is 0.255 e. The van der Waals surface area contributed by atoms with Crippen molar-refractivity contribution >= 4 is 17.5 Å². The number of aliphatic hydroxyl groups excluding tert-OH is 1. The fourth-order valence-electron chi connectivity index (χ4n) is 2.46. The minimum Gasteiger partial charge on any atom is -0.395 e. The Morgan fingerprint density at radius 1 is 0.960 bits per heavy atom. The zero-order chi connectivity index (χ0) is 18.1. The van der Waals surface area contributed by atoms with Gasteiger partial charge in [0.2, 0.25) is 0 Å². The van der Waals surface area contributed by atoms with Crippen LogP contribution in [0.4, 0.5) is 5.69 Å². The van der Waals surface area contributed by atoms with Crippen LogP contribution in [0.3, 0.4) is 0 Å². The van der Waals surface area contributed by atoms with Crippen LogP contribution >= 0.6 is 0 Å². The van der Waals surface area contributed by atoms with Crippen molar-refractivity contribution in [2.24, 2.45) is 0 Å². The van der Waals surface area contributed by atoms with Crippen LogP contribution in [0, 0.1) is 0 Å². The van der Waals surface area contributed by atoms with Gasteiger partial charge in [-0.1, -0.05) is 31.5 Å². The number of benzene rings is 2. The van der Waals surface area contributed by atoms with Gasteiger partial charge in [0, 0.05) is 29.9 Å². The first-order valence-electron chi connectivity index (χ1n) is 8.52. The number of hydrogen-bond donors (Lipinski definition) is 2. The maximum atomic E-state index is 12.5. The first kappa shape index (κ1) is 18.7. The van der Waals surface area contributed by atoms with Gasteiger partial charge in [-0.25, -0.2) is 0 Å². The molecule has 5 nitrogen and oxygen atoms in total. The lowest BCUT2D eigenvalue weighted by atomic mass is 10.1. The fourth-order valence-corrected chi connectivity index (χ4v) is 2.46. The predicted molar refractivity (Wildman–Crippen MR) is 98.7 cm³/mol. The highest BCUT2D eigenvalue weighted by atomic mass is 16.3. The lowest BCUT2D eigenvalue weighted by Crippen LogP contribution is -2.34. The first-order chi connectivity index (χ1) is 12.2. The van der Waals surface area contributed by atoms with E-state index in [1.165, 1.54) is 0 Å². The van der Waals surface area contributed by atoms with Crippen molar-refractivity contribution in [1.29, 1.82) is 0 Å². The lowest BCUT2D eigenvalue weighted by molar-refractivity contribution is 0.0719. The molecule has 0 bridgehead atoms. The number of nitrogens with zero attached hydrogens (tertiary/aromatic N) is 1. The van der Waals surface area contributed by atoms with Gasteiger partial charge in [-0.15, -0.1) is 0 Å². The van der Waals surface area contributed by atoms with Crippen molar-refractivity contribution in [3.05, 3.63) is 65.7 Å². The maximum absolute atomic E-state index is 12.5. The van der Waals surface area contributed by atoms with E-state index in [1.807, 2.05) is 18.2 Å². The number of nitrogens with one attached hydrogen (secondary N) is 1. The maximum Gasteiger partial charge on any atom is 0.255 e. The van der Waals surface area contributed by atoms with Gasteiger partial charge >= 0.3 is 0 Å². The second-order valence-electron chi connectivity index (χ2n) is 5.77. The third-order valence-corrected chi connectivity index (χ3v) is 3.86. The first-order valence-corrected chi connectivity index (χ1v) is 8.52. The van der Waals surface area contributed by atoms with E-state index in [4.69, 9.17) is 5.11 Å². The number of rotatable bonds is 8. The summed E-state index contributed by atoms with van der Waals surface area (Å²) in [5.41, 5.74) is 1.76. The van der Waals surface area contributed by atoms with Crippen LogP contribution in [-0.4, -0.2) is 41.5 Å². The minimum atomic E-state index is -0.190. The number of unbranched alkanes of at least 4 members (excludes halogenated alkanes) is 1. The molecule has 0 saturated carbocycles. The largest absolute Gasteiger partial charge is 0.395 e. The Bertz CT molecular complexity index is 684. The quantitative estimate of drug-likeness (QED) is 0.775. The summed E-state index contributed by atoms with van der Waals surface area (Å²) in [4.78, 5) is 26.3. The molecule has 2 amide bonds. The van der Waals surface area contributed by atoms with Crippen molar-refractivity contribution in [2.75, 3.05) is 25.0 Å². The molecule has 0 unspecified atom stereocenters. The molecule has 2 rings (SSSR count). The molecule has 0 aliphatic rings. The number of anilines is 1. The Balaban J connectivity index is 2.03. The van der Waals surface area contributed by atoms with E-state index in [0.717, 1.165) is 12.8 Å². The van der Waals surface area contributed by atoms with Crippen molar-refractivity contribution in [3.63, 3.8) is 0 Å². The van der Waals surface area contributed by atoms with E-state index in [0.29, 0.717) is 29.9 Å². The van der Waals surface area contributed by atoms with Crippen LogP contribution in [0.1, 0.15) is 40.5 Å². The fraction of sp³-hybridized carbons (Fsp3) is 0.300. The van der Waals surface area contributed by atoms with Crippen LogP contribution in [0.5, 0.6) is 0 Å². The number of carbonyl (C=O) groups excluding carboxylic acids is 2. The number of carbonyl (C=O) groups is 2. The summed E-state index contributed by atoms with van der Waals surface area (Å²) in [6.07, 6.45) is 1.89. The zero-order valence-electron chi connectivity index (χ0n) is 14.4. The molecule has 0 aliphatic carbocycles. The molecule has 0 fully saturated rings. The number of hydrogen-bond acceptors (Lipinski definition) is 3. The highest BCUT2D eigenvalue weighted by Crippen LogP contribution is 2.13. The van der Waals surface area contributed by atoms with Gasteiger partial charge in [-0.2, -0.15) is 0 Å². The zero-order valence-corrected chi connectivity index (χ0v) is 14.4. The van der Waals surface area contributed by atoms with E-state index in [2.05, 4.69) is 12.2 Å². The summed E-state index contributed by atoms with van der Waals surface area (Å²) >= 11 is 0. The summed E-state index contributed by atoms with van der Waals surface area (Å²) in [5, 5.41) is 12.0. The Labute approximate surface area is 148 Å². The van der Waals surface area contributed by atoms with E-state index in [1.54, 1.807) is 41.3 Å². The van der Waals surface area contributed by atoms with E-state index >= 15 is 0 Å². The van der Waals surface area contributed by atoms with Gasteiger partial charge in [-0.05, 0) is 42.8 Å². The second-order valence-corrected chi connectivity index (χ2v) is 5.77. The lowest BCUT2D eigenvalue weighted by Gasteiger charge is -2.21. The molecule has 0 atom stereocenters. The molecule has 0 aliphatic heterocycles. The monoisotopic (exact) mass is 340 g/mol. The topological polar surface area (TPSA) is 69.6 Å². The number of amides is 2. The molecule has 25 heavy (non-hydrogen) atoms. The summed E-state index contributed by atoms with van der Waals surface area (Å²) in [5.74, 6) is -0.298. The molecule has 132 valence electrons. The van der Waals surface area contributed by atoms with Gasteiger partial charge in [-0.3, -0.25) is 9.59 Å². The number of aliphatic hydroxyl groups is 1. The summed E-state index contributed by atoms with van der Waals surface area (Å²) in [6.45, 7) is 2.96. The van der Waals surface area contributed by atoms with Crippen molar-refractivity contribution in [1.82, 2.24) is 4.90 Å². The SMILES string of the molecule is CCCCN(CCO)C(=O)c1ccc(NC(=O)c2ccccc2)cc1. The molecule has 2 aromatic carbocycles. The third kappa shape index (κ3) is 5.43. The second kappa shape index (κ2) is 9.59. The summed E-state index contributed by atoms with van der Waals surface area (Å²) in [7, 11) is 0. The molecule has 0 aromatic heterocycles.